The predicted octanol–water partition coefficient (Wildman–Crippen LogP) is 1.72. The molecule has 1 aromatic heterocycles. The van der Waals surface area contributed by atoms with E-state index < -0.39 is 11.4 Å². The van der Waals surface area contributed by atoms with Crippen molar-refractivity contribution in [3.63, 3.8) is 0 Å². The molecule has 132 valence electrons. The number of aliphatic carboxylic acids is 1. The van der Waals surface area contributed by atoms with E-state index in [2.05, 4.69) is 16.8 Å². The minimum atomic E-state index is -0.782. The maximum Gasteiger partial charge on any atom is 0.313 e. The van der Waals surface area contributed by atoms with Crippen molar-refractivity contribution in [1.82, 2.24) is 14.8 Å². The highest BCUT2D eigenvalue weighted by molar-refractivity contribution is 7.09. The largest absolute Gasteiger partial charge is 0.481 e. The van der Waals surface area contributed by atoms with Crippen LogP contribution in [0.3, 0.4) is 0 Å². The van der Waals surface area contributed by atoms with Crippen molar-refractivity contribution >= 4 is 23.2 Å². The van der Waals surface area contributed by atoms with Crippen LogP contribution in [0.4, 0.5) is 0 Å². The van der Waals surface area contributed by atoms with E-state index in [4.69, 9.17) is 0 Å². The van der Waals surface area contributed by atoms with Crippen LogP contribution in [0.1, 0.15) is 31.1 Å². The van der Waals surface area contributed by atoms with Crippen molar-refractivity contribution in [3.05, 3.63) is 16.6 Å². The molecule has 1 amide bonds. The molecule has 24 heavy (non-hydrogen) atoms. The summed E-state index contributed by atoms with van der Waals surface area (Å²) in [6.07, 6.45) is 5.50. The summed E-state index contributed by atoms with van der Waals surface area (Å²) in [5.74, 6) is -0.688. The number of thiazole rings is 1. The lowest BCUT2D eigenvalue weighted by Gasteiger charge is -2.25. The first kappa shape index (κ1) is 17.4. The number of carbonyl (C=O) groups excluding carboxylic acids is 1. The minimum absolute atomic E-state index is 0.0202. The maximum absolute atomic E-state index is 12.5. The topological polar surface area (TPSA) is 73.7 Å². The van der Waals surface area contributed by atoms with Crippen LogP contribution in [0, 0.1) is 11.3 Å². The molecule has 3 heterocycles. The number of hydrogen-bond acceptors (Lipinski definition) is 5. The molecule has 7 heteroatoms. The monoisotopic (exact) mass is 351 g/mol. The molecule has 0 unspecified atom stereocenters. The molecule has 0 bridgehead atoms. The molecular weight excluding hydrogens is 326 g/mol. The predicted molar refractivity (Wildman–Crippen MR) is 91.9 cm³/mol. The summed E-state index contributed by atoms with van der Waals surface area (Å²) >= 11 is 1.47. The van der Waals surface area contributed by atoms with Gasteiger partial charge in [0, 0.05) is 43.2 Å². The van der Waals surface area contributed by atoms with Gasteiger partial charge < -0.3 is 14.9 Å². The zero-order valence-electron chi connectivity index (χ0n) is 14.1. The second-order valence-electron chi connectivity index (χ2n) is 7.02. The summed E-state index contributed by atoms with van der Waals surface area (Å²) in [5, 5.41) is 9.85. The van der Waals surface area contributed by atoms with E-state index >= 15 is 0 Å². The lowest BCUT2D eigenvalue weighted by Crippen LogP contribution is -2.42. The number of carboxylic acid groups (broad SMARTS) is 1. The highest BCUT2D eigenvalue weighted by Crippen LogP contribution is 2.43. The van der Waals surface area contributed by atoms with Crippen LogP contribution in [0.5, 0.6) is 0 Å². The first-order valence-corrected chi connectivity index (χ1v) is 9.54. The molecular formula is C17H25N3O3S. The van der Waals surface area contributed by atoms with E-state index in [1.165, 1.54) is 24.2 Å². The first-order valence-electron chi connectivity index (χ1n) is 8.66. The van der Waals surface area contributed by atoms with Crippen molar-refractivity contribution in [2.75, 3.05) is 32.7 Å². The van der Waals surface area contributed by atoms with Gasteiger partial charge in [0.1, 0.15) is 5.41 Å². The number of unbranched alkanes of at least 4 members (excludes halogenated alkanes) is 2. The minimum Gasteiger partial charge on any atom is -0.481 e. The van der Waals surface area contributed by atoms with E-state index in [-0.39, 0.29) is 11.8 Å². The molecule has 2 fully saturated rings. The molecule has 0 radical (unpaired) electrons. The molecule has 6 nitrogen and oxygen atoms in total. The molecule has 3 rings (SSSR count). The third-order valence-electron chi connectivity index (χ3n) is 5.35. The lowest BCUT2D eigenvalue weighted by atomic mass is 9.81. The van der Waals surface area contributed by atoms with Gasteiger partial charge in [-0.2, -0.15) is 0 Å². The van der Waals surface area contributed by atoms with E-state index in [1.54, 1.807) is 16.6 Å². The first-order chi connectivity index (χ1) is 11.5. The average Bonchev–Trinajstić information content (AvgIpc) is 3.21. The number of carbonyl (C=O) groups is 2. The summed E-state index contributed by atoms with van der Waals surface area (Å²) in [6, 6.07) is 0. The third-order valence-corrected chi connectivity index (χ3v) is 6.12. The Morgan fingerprint density at radius 3 is 2.83 bits per heavy atom. The number of carboxylic acids is 1. The Bertz CT molecular complexity index is 592. The van der Waals surface area contributed by atoms with E-state index in [9.17, 15) is 14.7 Å². The van der Waals surface area contributed by atoms with Crippen molar-refractivity contribution < 1.29 is 14.7 Å². The standard InChI is InChI=1S/C17H25N3O3S/c1-2-3-4-5-19-8-13-9-20(11-17(13,10-19)16(22)23)15(21)6-14-7-18-12-24-14/h7,12-13H,2-6,8-11H2,1H3,(H,22,23)/t13-,17-/m0/s1. The zero-order valence-corrected chi connectivity index (χ0v) is 14.9. The molecule has 2 saturated heterocycles. The van der Waals surface area contributed by atoms with Gasteiger partial charge in [0.15, 0.2) is 0 Å². The molecule has 0 saturated carbocycles. The van der Waals surface area contributed by atoms with Crippen LogP contribution in [0.15, 0.2) is 11.7 Å². The van der Waals surface area contributed by atoms with Gasteiger partial charge in [0.2, 0.25) is 5.91 Å². The fourth-order valence-corrected chi connectivity index (χ4v) is 4.59. The van der Waals surface area contributed by atoms with E-state index in [0.29, 0.717) is 26.1 Å². The Kier molecular flexibility index (Phi) is 5.20. The summed E-state index contributed by atoms with van der Waals surface area (Å²) < 4.78 is 0. The van der Waals surface area contributed by atoms with Crippen molar-refractivity contribution in [3.8, 4) is 0 Å². The number of nitrogens with zero attached hydrogens (tertiary/aromatic N) is 3. The van der Waals surface area contributed by atoms with Gasteiger partial charge >= 0.3 is 5.97 Å². The van der Waals surface area contributed by atoms with Gasteiger partial charge in [-0.1, -0.05) is 19.8 Å². The van der Waals surface area contributed by atoms with E-state index in [0.717, 1.165) is 24.4 Å². The van der Waals surface area contributed by atoms with Gasteiger partial charge in [-0.15, -0.1) is 11.3 Å². The number of amides is 1. The number of likely N-dealkylation sites (tertiary alicyclic amines) is 2. The number of rotatable bonds is 7. The normalized spacial score (nSPS) is 26.7. The fourth-order valence-electron chi connectivity index (χ4n) is 4.01. The second kappa shape index (κ2) is 7.19. The number of aromatic nitrogens is 1. The Morgan fingerprint density at radius 1 is 1.38 bits per heavy atom. The van der Waals surface area contributed by atoms with E-state index in [1.807, 2.05) is 0 Å². The maximum atomic E-state index is 12.5. The Balaban J connectivity index is 1.63. The second-order valence-corrected chi connectivity index (χ2v) is 7.99. The van der Waals surface area contributed by atoms with Gasteiger partial charge in [0.25, 0.3) is 0 Å². The van der Waals surface area contributed by atoms with Crippen molar-refractivity contribution in [2.45, 2.75) is 32.6 Å². The third kappa shape index (κ3) is 3.32. The molecule has 1 aromatic rings. The Labute approximate surface area is 146 Å². The molecule has 0 aromatic carbocycles. The highest BCUT2D eigenvalue weighted by atomic mass is 32.1. The quantitative estimate of drug-likeness (QED) is 0.757. The summed E-state index contributed by atoms with van der Waals surface area (Å²) in [6.45, 7) is 5.41. The molecule has 1 N–H and O–H groups in total. The van der Waals surface area contributed by atoms with Crippen LogP contribution in [-0.2, 0) is 16.0 Å². The van der Waals surface area contributed by atoms with Gasteiger partial charge in [-0.25, -0.2) is 0 Å². The Hall–Kier alpha value is -1.47. The number of hydrogen-bond donors (Lipinski definition) is 1. The van der Waals surface area contributed by atoms with Crippen molar-refractivity contribution in [2.24, 2.45) is 11.3 Å². The van der Waals surface area contributed by atoms with Crippen LogP contribution < -0.4 is 0 Å². The molecule has 0 aliphatic carbocycles. The lowest BCUT2D eigenvalue weighted by molar-refractivity contribution is -0.149. The van der Waals surface area contributed by atoms with Crippen molar-refractivity contribution in [1.29, 1.82) is 0 Å². The van der Waals surface area contributed by atoms with Crippen LogP contribution >= 0.6 is 11.3 Å². The average molecular weight is 351 g/mol. The fraction of sp³-hybridized carbons (Fsp3) is 0.706. The smallest absolute Gasteiger partial charge is 0.313 e. The summed E-state index contributed by atoms with van der Waals surface area (Å²) in [5.41, 5.74) is 0.934. The van der Waals surface area contributed by atoms with Gasteiger partial charge in [-0.3, -0.25) is 14.6 Å². The zero-order chi connectivity index (χ0) is 17.2. The highest BCUT2D eigenvalue weighted by Gasteiger charge is 2.58. The van der Waals surface area contributed by atoms with Crippen LogP contribution in [0.2, 0.25) is 0 Å². The molecule has 0 spiro atoms. The van der Waals surface area contributed by atoms with Crippen LogP contribution in [-0.4, -0.2) is 64.5 Å². The SMILES string of the molecule is CCCCCN1C[C@H]2CN(C(=O)Cc3cncs3)C[C@@]2(C(=O)O)C1. The number of fused-ring (bicyclic) bond motifs is 1. The summed E-state index contributed by atoms with van der Waals surface area (Å²) in [4.78, 5) is 33.4. The van der Waals surface area contributed by atoms with Gasteiger partial charge in [0.05, 0.1) is 11.9 Å². The molecule has 2 aliphatic heterocycles. The summed E-state index contributed by atoms with van der Waals surface area (Å²) in [7, 11) is 0. The van der Waals surface area contributed by atoms with Crippen LogP contribution in [0.25, 0.3) is 0 Å². The van der Waals surface area contributed by atoms with Gasteiger partial charge in [-0.05, 0) is 13.0 Å². The molecule has 2 aliphatic rings. The molecule has 2 atom stereocenters. The Morgan fingerprint density at radius 2 is 2.21 bits per heavy atom.